The van der Waals surface area contributed by atoms with Crippen LogP contribution in [-0.2, 0) is 0 Å². The van der Waals surface area contributed by atoms with E-state index in [1.54, 1.807) is 6.07 Å². The Balaban J connectivity index is 2.42. The second-order valence-corrected chi connectivity index (χ2v) is 3.97. The maximum Gasteiger partial charge on any atom is 0.165 e. The summed E-state index contributed by atoms with van der Waals surface area (Å²) in [7, 11) is 0. The predicted molar refractivity (Wildman–Crippen MR) is 59.7 cm³/mol. The van der Waals surface area contributed by atoms with E-state index in [9.17, 15) is 4.39 Å². The zero-order chi connectivity index (χ0) is 10.4. The number of halogens is 2. The molecule has 3 heteroatoms. The number of rotatable bonds is 5. The Bertz CT molecular complexity index is 289. The minimum Gasteiger partial charge on any atom is -0.491 e. The normalized spacial score (nSPS) is 10.2. The van der Waals surface area contributed by atoms with E-state index in [2.05, 4.69) is 15.9 Å². The van der Waals surface area contributed by atoms with Crippen LogP contribution in [0.3, 0.4) is 0 Å². The van der Waals surface area contributed by atoms with E-state index in [0.29, 0.717) is 12.4 Å². The van der Waals surface area contributed by atoms with Crippen molar-refractivity contribution in [2.24, 2.45) is 0 Å². The van der Waals surface area contributed by atoms with Gasteiger partial charge in [0, 0.05) is 5.33 Å². The highest BCUT2D eigenvalue weighted by Crippen LogP contribution is 2.18. The fourth-order valence-corrected chi connectivity index (χ4v) is 1.50. The number of alkyl halides is 1. The molecule has 0 heterocycles. The second-order valence-electron chi connectivity index (χ2n) is 3.18. The lowest BCUT2D eigenvalue weighted by atomic mass is 10.2. The summed E-state index contributed by atoms with van der Waals surface area (Å²) in [6.45, 7) is 2.43. The molecule has 0 bridgehead atoms. The highest BCUT2D eigenvalue weighted by atomic mass is 79.9. The topological polar surface area (TPSA) is 9.23 Å². The molecule has 0 atom stereocenters. The predicted octanol–water partition coefficient (Wildman–Crippen LogP) is 3.69. The van der Waals surface area contributed by atoms with Crippen LogP contribution in [0.15, 0.2) is 18.2 Å². The van der Waals surface area contributed by atoms with Gasteiger partial charge in [0.25, 0.3) is 0 Å². The van der Waals surface area contributed by atoms with Crippen LogP contribution in [0.25, 0.3) is 0 Å². The lowest BCUT2D eigenvalue weighted by Crippen LogP contribution is -1.99. The van der Waals surface area contributed by atoms with E-state index in [1.165, 1.54) is 6.07 Å². The van der Waals surface area contributed by atoms with Gasteiger partial charge in [-0.05, 0) is 37.5 Å². The quantitative estimate of drug-likeness (QED) is 0.580. The first-order valence-corrected chi connectivity index (χ1v) is 5.81. The van der Waals surface area contributed by atoms with Crippen molar-refractivity contribution in [3.05, 3.63) is 29.6 Å². The molecule has 0 saturated carbocycles. The van der Waals surface area contributed by atoms with Crippen LogP contribution in [0.2, 0.25) is 0 Å². The number of hydrogen-bond acceptors (Lipinski definition) is 1. The van der Waals surface area contributed by atoms with E-state index in [0.717, 1.165) is 23.7 Å². The van der Waals surface area contributed by atoms with Crippen LogP contribution < -0.4 is 4.74 Å². The third kappa shape index (κ3) is 3.66. The van der Waals surface area contributed by atoms with Crippen molar-refractivity contribution >= 4 is 15.9 Å². The van der Waals surface area contributed by atoms with Crippen LogP contribution >= 0.6 is 15.9 Å². The van der Waals surface area contributed by atoms with Crippen molar-refractivity contribution in [2.45, 2.75) is 19.8 Å². The largest absolute Gasteiger partial charge is 0.491 e. The molecule has 0 aliphatic rings. The van der Waals surface area contributed by atoms with Gasteiger partial charge < -0.3 is 4.74 Å². The van der Waals surface area contributed by atoms with Crippen molar-refractivity contribution in [1.29, 1.82) is 0 Å². The lowest BCUT2D eigenvalue weighted by Gasteiger charge is -2.06. The first-order valence-electron chi connectivity index (χ1n) is 4.69. The van der Waals surface area contributed by atoms with Crippen LogP contribution in [-0.4, -0.2) is 11.9 Å². The minimum absolute atomic E-state index is 0.274. The maximum absolute atomic E-state index is 13.2. The van der Waals surface area contributed by atoms with Crippen molar-refractivity contribution < 1.29 is 9.13 Å². The molecular formula is C11H14BrFO. The molecule has 0 unspecified atom stereocenters. The van der Waals surface area contributed by atoms with Gasteiger partial charge in [-0.25, -0.2) is 4.39 Å². The molecule has 1 nitrogen and oxygen atoms in total. The van der Waals surface area contributed by atoms with Crippen LogP contribution in [0.1, 0.15) is 18.4 Å². The molecule has 1 aromatic rings. The summed E-state index contributed by atoms with van der Waals surface area (Å²) in [4.78, 5) is 0. The van der Waals surface area contributed by atoms with Gasteiger partial charge in [0.1, 0.15) is 0 Å². The average molecular weight is 261 g/mol. The van der Waals surface area contributed by atoms with Gasteiger partial charge >= 0.3 is 0 Å². The zero-order valence-electron chi connectivity index (χ0n) is 8.22. The molecule has 0 aromatic heterocycles. The van der Waals surface area contributed by atoms with Crippen molar-refractivity contribution in [3.63, 3.8) is 0 Å². The average Bonchev–Trinajstić information content (AvgIpc) is 2.15. The molecule has 1 aromatic carbocycles. The summed E-state index contributed by atoms with van der Waals surface area (Å²) in [6, 6.07) is 5.02. The highest BCUT2D eigenvalue weighted by Gasteiger charge is 2.02. The maximum atomic E-state index is 13.2. The number of benzene rings is 1. The Hall–Kier alpha value is -0.570. The Morgan fingerprint density at radius 3 is 2.79 bits per heavy atom. The molecule has 0 saturated heterocycles. The molecule has 0 N–H and O–H groups in total. The lowest BCUT2D eigenvalue weighted by molar-refractivity contribution is 0.294. The number of hydrogen-bond donors (Lipinski definition) is 0. The summed E-state index contributed by atoms with van der Waals surface area (Å²) >= 11 is 3.33. The third-order valence-corrected chi connectivity index (χ3v) is 2.43. The first-order chi connectivity index (χ1) is 6.74. The molecule has 0 radical (unpaired) electrons. The number of ether oxygens (including phenoxy) is 1. The number of unbranched alkanes of at least 4 members (excludes halogenated alkanes) is 1. The minimum atomic E-state index is -0.274. The fraction of sp³-hybridized carbons (Fsp3) is 0.455. The summed E-state index contributed by atoms with van der Waals surface area (Å²) in [6.07, 6.45) is 1.99. The number of aryl methyl sites for hydroxylation is 1. The highest BCUT2D eigenvalue weighted by molar-refractivity contribution is 9.09. The molecule has 0 aliphatic carbocycles. The molecule has 14 heavy (non-hydrogen) atoms. The van der Waals surface area contributed by atoms with Gasteiger partial charge in [-0.15, -0.1) is 0 Å². The van der Waals surface area contributed by atoms with Crippen LogP contribution in [0.5, 0.6) is 5.75 Å². The smallest absolute Gasteiger partial charge is 0.165 e. The molecule has 0 spiro atoms. The van der Waals surface area contributed by atoms with E-state index < -0.39 is 0 Å². The van der Waals surface area contributed by atoms with Gasteiger partial charge in [0.2, 0.25) is 0 Å². The molecule has 0 fully saturated rings. The van der Waals surface area contributed by atoms with Gasteiger partial charge in [-0.1, -0.05) is 22.0 Å². The van der Waals surface area contributed by atoms with Gasteiger partial charge in [0.15, 0.2) is 11.6 Å². The second kappa shape index (κ2) is 6.02. The Morgan fingerprint density at radius 1 is 1.36 bits per heavy atom. The molecular weight excluding hydrogens is 247 g/mol. The SMILES string of the molecule is Cc1ccc(OCCCCBr)c(F)c1. The fourth-order valence-electron chi connectivity index (χ4n) is 1.10. The van der Waals surface area contributed by atoms with Crippen molar-refractivity contribution in [3.8, 4) is 5.75 Å². The van der Waals surface area contributed by atoms with E-state index in [1.807, 2.05) is 13.0 Å². The van der Waals surface area contributed by atoms with Gasteiger partial charge in [-0.3, -0.25) is 0 Å². The third-order valence-electron chi connectivity index (χ3n) is 1.87. The first kappa shape index (κ1) is 11.5. The standard InChI is InChI=1S/C11H14BrFO/c1-9-4-5-11(10(13)8-9)14-7-3-2-6-12/h4-5,8H,2-3,6-7H2,1H3. The van der Waals surface area contributed by atoms with Gasteiger partial charge in [-0.2, -0.15) is 0 Å². The summed E-state index contributed by atoms with van der Waals surface area (Å²) < 4.78 is 18.5. The Morgan fingerprint density at radius 2 is 2.14 bits per heavy atom. The van der Waals surface area contributed by atoms with Crippen molar-refractivity contribution in [2.75, 3.05) is 11.9 Å². The zero-order valence-corrected chi connectivity index (χ0v) is 9.81. The summed E-state index contributed by atoms with van der Waals surface area (Å²) in [5.74, 6) is 0.0778. The van der Waals surface area contributed by atoms with E-state index in [4.69, 9.17) is 4.74 Å². The Labute approximate surface area is 92.4 Å². The Kier molecular flexibility index (Phi) is 4.94. The molecule has 78 valence electrons. The van der Waals surface area contributed by atoms with E-state index >= 15 is 0 Å². The molecule has 0 aliphatic heterocycles. The van der Waals surface area contributed by atoms with Crippen molar-refractivity contribution in [1.82, 2.24) is 0 Å². The van der Waals surface area contributed by atoms with Crippen LogP contribution in [0, 0.1) is 12.7 Å². The van der Waals surface area contributed by atoms with Crippen LogP contribution in [0.4, 0.5) is 4.39 Å². The van der Waals surface area contributed by atoms with E-state index in [-0.39, 0.29) is 5.82 Å². The monoisotopic (exact) mass is 260 g/mol. The summed E-state index contributed by atoms with van der Waals surface area (Å²) in [5, 5.41) is 0.965. The molecule has 0 amide bonds. The van der Waals surface area contributed by atoms with Gasteiger partial charge in [0.05, 0.1) is 6.61 Å². The molecule has 1 rings (SSSR count). The summed E-state index contributed by atoms with van der Waals surface area (Å²) in [5.41, 5.74) is 0.912.